The van der Waals surface area contributed by atoms with Gasteiger partial charge in [-0.1, -0.05) is 18.6 Å². The molecule has 5 heteroatoms. The molecule has 36 heavy (non-hydrogen) atoms. The molecule has 1 aliphatic heterocycles. The van der Waals surface area contributed by atoms with E-state index in [1.165, 1.54) is 50.0 Å². The molecule has 0 bridgehead atoms. The SMILES string of the molecule is Cc1cc(F)c2nc(C)cc(-c3cnc4cc(-c5ccc(N6CCC7(CCC7)C6)cc5)ccn34)c2c1. The van der Waals surface area contributed by atoms with Gasteiger partial charge in [0.2, 0.25) is 0 Å². The van der Waals surface area contributed by atoms with Crippen LogP contribution in [0.2, 0.25) is 0 Å². The lowest BCUT2D eigenvalue weighted by molar-refractivity contribution is 0.165. The van der Waals surface area contributed by atoms with Crippen LogP contribution in [0.25, 0.3) is 38.9 Å². The largest absolute Gasteiger partial charge is 0.371 e. The number of rotatable bonds is 3. The number of fused-ring (bicyclic) bond motifs is 2. The quantitative estimate of drug-likeness (QED) is 0.273. The molecule has 3 aromatic heterocycles. The van der Waals surface area contributed by atoms with E-state index in [0.717, 1.165) is 39.1 Å². The highest BCUT2D eigenvalue weighted by atomic mass is 19.1. The average Bonchev–Trinajstić information content (AvgIpc) is 3.49. The summed E-state index contributed by atoms with van der Waals surface area (Å²) in [4.78, 5) is 11.7. The van der Waals surface area contributed by atoms with E-state index in [2.05, 4.69) is 56.9 Å². The Hall–Kier alpha value is -3.73. The smallest absolute Gasteiger partial charge is 0.149 e. The van der Waals surface area contributed by atoms with Crippen LogP contribution in [0.1, 0.15) is 36.9 Å². The number of imidazole rings is 1. The van der Waals surface area contributed by atoms with Gasteiger partial charge in [0.1, 0.15) is 17.0 Å². The zero-order chi connectivity index (χ0) is 24.4. The van der Waals surface area contributed by atoms with Gasteiger partial charge in [-0.15, -0.1) is 0 Å². The Morgan fingerprint density at radius 1 is 0.917 bits per heavy atom. The highest BCUT2D eigenvalue weighted by molar-refractivity contribution is 5.95. The van der Waals surface area contributed by atoms with Crippen molar-refractivity contribution in [3.63, 3.8) is 0 Å². The Kier molecular flexibility index (Phi) is 4.72. The first-order valence-electron chi connectivity index (χ1n) is 12.9. The van der Waals surface area contributed by atoms with E-state index in [1.54, 1.807) is 6.07 Å². The van der Waals surface area contributed by atoms with Gasteiger partial charge in [-0.25, -0.2) is 9.37 Å². The van der Waals surface area contributed by atoms with Gasteiger partial charge in [0, 0.05) is 41.6 Å². The lowest BCUT2D eigenvalue weighted by atomic mass is 9.68. The monoisotopic (exact) mass is 476 g/mol. The fraction of sp³-hybridized carbons (Fsp3) is 0.290. The van der Waals surface area contributed by atoms with E-state index in [9.17, 15) is 4.39 Å². The van der Waals surface area contributed by atoms with Crippen molar-refractivity contribution in [2.24, 2.45) is 5.41 Å². The van der Waals surface area contributed by atoms with Crippen LogP contribution in [0.4, 0.5) is 10.1 Å². The number of hydrogen-bond acceptors (Lipinski definition) is 3. The number of aromatic nitrogens is 3. The fourth-order valence-electron chi connectivity index (χ4n) is 6.23. The molecule has 0 amide bonds. The zero-order valence-corrected chi connectivity index (χ0v) is 20.8. The number of hydrogen-bond donors (Lipinski definition) is 0. The van der Waals surface area contributed by atoms with Gasteiger partial charge in [0.15, 0.2) is 0 Å². The van der Waals surface area contributed by atoms with E-state index in [-0.39, 0.29) is 5.82 Å². The average molecular weight is 477 g/mol. The molecule has 4 heterocycles. The molecular weight excluding hydrogens is 447 g/mol. The Morgan fingerprint density at radius 2 is 1.75 bits per heavy atom. The minimum absolute atomic E-state index is 0.286. The molecule has 2 aliphatic rings. The Bertz CT molecular complexity index is 1630. The fourth-order valence-corrected chi connectivity index (χ4v) is 6.23. The summed E-state index contributed by atoms with van der Waals surface area (Å²) in [5.41, 5.74) is 9.08. The Morgan fingerprint density at radius 3 is 2.50 bits per heavy atom. The second-order valence-electron chi connectivity index (χ2n) is 10.8. The normalized spacial score (nSPS) is 16.8. The van der Waals surface area contributed by atoms with Gasteiger partial charge >= 0.3 is 0 Å². The third-order valence-electron chi connectivity index (χ3n) is 8.35. The van der Waals surface area contributed by atoms with Crippen molar-refractivity contribution in [3.05, 3.63) is 84.1 Å². The van der Waals surface area contributed by atoms with Crippen LogP contribution in [0.3, 0.4) is 0 Å². The molecule has 5 aromatic rings. The third kappa shape index (κ3) is 3.41. The van der Waals surface area contributed by atoms with E-state index in [0.29, 0.717) is 10.9 Å². The number of anilines is 1. The summed E-state index contributed by atoms with van der Waals surface area (Å²) in [6.07, 6.45) is 9.48. The number of benzene rings is 2. The molecular formula is C31H29FN4. The maximum absolute atomic E-state index is 14.7. The maximum Gasteiger partial charge on any atom is 0.149 e. The number of nitrogens with zero attached hydrogens (tertiary/aromatic N) is 4. The predicted molar refractivity (Wildman–Crippen MR) is 144 cm³/mol. The maximum atomic E-state index is 14.7. The number of aryl methyl sites for hydroxylation is 2. The van der Waals surface area contributed by atoms with Crippen LogP contribution in [-0.2, 0) is 0 Å². The minimum atomic E-state index is -0.286. The van der Waals surface area contributed by atoms with E-state index >= 15 is 0 Å². The molecule has 180 valence electrons. The number of pyridine rings is 2. The topological polar surface area (TPSA) is 33.4 Å². The van der Waals surface area contributed by atoms with E-state index in [4.69, 9.17) is 4.98 Å². The van der Waals surface area contributed by atoms with Crippen molar-refractivity contribution >= 4 is 22.2 Å². The summed E-state index contributed by atoms with van der Waals surface area (Å²) in [5.74, 6) is -0.286. The molecule has 2 fully saturated rings. The van der Waals surface area contributed by atoms with E-state index in [1.807, 2.05) is 32.2 Å². The van der Waals surface area contributed by atoms with Crippen molar-refractivity contribution in [1.29, 1.82) is 0 Å². The molecule has 1 saturated heterocycles. The van der Waals surface area contributed by atoms with Crippen molar-refractivity contribution in [1.82, 2.24) is 14.4 Å². The van der Waals surface area contributed by atoms with E-state index < -0.39 is 0 Å². The van der Waals surface area contributed by atoms with Gasteiger partial charge in [-0.05, 0) is 97.7 Å². The molecule has 0 N–H and O–H groups in total. The van der Waals surface area contributed by atoms with Crippen LogP contribution in [0, 0.1) is 25.1 Å². The molecule has 4 nitrogen and oxygen atoms in total. The van der Waals surface area contributed by atoms with Crippen LogP contribution in [0.15, 0.2) is 67.0 Å². The zero-order valence-electron chi connectivity index (χ0n) is 20.8. The second-order valence-corrected chi connectivity index (χ2v) is 10.8. The van der Waals surface area contributed by atoms with Gasteiger partial charge in [-0.3, -0.25) is 9.38 Å². The lowest BCUT2D eigenvalue weighted by Gasteiger charge is -2.38. The van der Waals surface area contributed by atoms with Crippen LogP contribution >= 0.6 is 0 Å². The molecule has 1 saturated carbocycles. The van der Waals surface area contributed by atoms with Crippen LogP contribution in [0.5, 0.6) is 0 Å². The Balaban J connectivity index is 1.23. The summed E-state index contributed by atoms with van der Waals surface area (Å²) < 4.78 is 16.8. The van der Waals surface area contributed by atoms with Crippen LogP contribution in [-0.4, -0.2) is 27.5 Å². The summed E-state index contributed by atoms with van der Waals surface area (Å²) in [6.45, 7) is 6.20. The van der Waals surface area contributed by atoms with Crippen molar-refractivity contribution in [2.45, 2.75) is 39.5 Å². The first kappa shape index (κ1) is 21.5. The van der Waals surface area contributed by atoms with Crippen molar-refractivity contribution in [3.8, 4) is 22.4 Å². The minimum Gasteiger partial charge on any atom is -0.371 e. The van der Waals surface area contributed by atoms with Crippen LogP contribution < -0.4 is 4.90 Å². The predicted octanol–water partition coefficient (Wildman–Crippen LogP) is 7.35. The molecule has 1 aliphatic carbocycles. The Labute approximate surface area is 210 Å². The second kappa shape index (κ2) is 7.89. The lowest BCUT2D eigenvalue weighted by Crippen LogP contribution is -2.33. The summed E-state index contributed by atoms with van der Waals surface area (Å²) in [5, 5.41) is 0.810. The summed E-state index contributed by atoms with van der Waals surface area (Å²) >= 11 is 0. The van der Waals surface area contributed by atoms with Gasteiger partial charge in [-0.2, -0.15) is 0 Å². The molecule has 2 aromatic carbocycles. The standard InChI is InChI=1S/C31H29FN4/c1-20-14-26-25(16-21(2)34-30(26)27(32)15-20)28-18-33-29-17-23(8-12-36(28)29)22-4-6-24(7-5-22)35-13-11-31(19-35)9-3-10-31/h4-8,12,14-18H,3,9-11,13,19H2,1-2H3. The molecule has 0 atom stereocenters. The van der Waals surface area contributed by atoms with Gasteiger partial charge in [0.25, 0.3) is 0 Å². The van der Waals surface area contributed by atoms with Gasteiger partial charge < -0.3 is 4.90 Å². The van der Waals surface area contributed by atoms with Crippen molar-refractivity contribution in [2.75, 3.05) is 18.0 Å². The summed E-state index contributed by atoms with van der Waals surface area (Å²) in [6, 6.07) is 18.8. The highest BCUT2D eigenvalue weighted by Crippen LogP contribution is 2.49. The van der Waals surface area contributed by atoms with Gasteiger partial charge in [0.05, 0.1) is 11.9 Å². The summed E-state index contributed by atoms with van der Waals surface area (Å²) in [7, 11) is 0. The first-order valence-corrected chi connectivity index (χ1v) is 12.9. The molecule has 7 rings (SSSR count). The molecule has 0 unspecified atom stereocenters. The number of halogens is 1. The first-order chi connectivity index (χ1) is 17.5. The van der Waals surface area contributed by atoms with Crippen molar-refractivity contribution < 1.29 is 4.39 Å². The highest BCUT2D eigenvalue weighted by Gasteiger charge is 2.42. The molecule has 1 spiro atoms. The molecule has 0 radical (unpaired) electrons. The third-order valence-corrected chi connectivity index (χ3v) is 8.35.